The van der Waals surface area contributed by atoms with Crippen molar-refractivity contribution in [3.8, 4) is 5.75 Å². The van der Waals surface area contributed by atoms with E-state index < -0.39 is 0 Å². The Balaban J connectivity index is 1.34. The number of aryl methyl sites for hydroxylation is 1. The molecule has 166 valence electrons. The van der Waals surface area contributed by atoms with Gasteiger partial charge in [0.25, 0.3) is 0 Å². The number of ether oxygens (including phenoxy) is 2. The minimum absolute atomic E-state index is 0.146. The van der Waals surface area contributed by atoms with Crippen LogP contribution in [0.2, 0.25) is 0 Å². The number of carbonyl (C=O) groups is 1. The zero-order chi connectivity index (χ0) is 21.4. The van der Waals surface area contributed by atoms with E-state index in [9.17, 15) is 4.79 Å². The van der Waals surface area contributed by atoms with E-state index >= 15 is 0 Å². The lowest BCUT2D eigenvalue weighted by Crippen LogP contribution is -2.44. The third-order valence-corrected chi connectivity index (χ3v) is 7.16. The molecule has 3 fully saturated rings. The highest BCUT2D eigenvalue weighted by atomic mass is 16.5. The fraction of sp³-hybridized carbons (Fsp3) is 0.609. The van der Waals surface area contributed by atoms with E-state index in [1.165, 1.54) is 0 Å². The van der Waals surface area contributed by atoms with Crippen LogP contribution in [-0.2, 0) is 21.4 Å². The minimum Gasteiger partial charge on any atom is -0.497 e. The van der Waals surface area contributed by atoms with Gasteiger partial charge in [-0.05, 0) is 37.5 Å². The molecular formula is C23H30N4O4. The number of likely N-dealkylation sites (tertiary alicyclic amines) is 2. The number of amides is 1. The first-order chi connectivity index (χ1) is 15.1. The van der Waals surface area contributed by atoms with Gasteiger partial charge in [-0.3, -0.25) is 9.69 Å². The summed E-state index contributed by atoms with van der Waals surface area (Å²) >= 11 is 0. The fourth-order valence-electron chi connectivity index (χ4n) is 5.45. The number of benzene rings is 1. The molecule has 0 bridgehead atoms. The predicted octanol–water partition coefficient (Wildman–Crippen LogP) is 1.82. The highest BCUT2D eigenvalue weighted by Gasteiger charge is 2.58. The van der Waals surface area contributed by atoms with Crippen molar-refractivity contribution < 1.29 is 18.8 Å². The van der Waals surface area contributed by atoms with E-state index in [0.29, 0.717) is 36.6 Å². The molecule has 3 aliphatic rings. The summed E-state index contributed by atoms with van der Waals surface area (Å²) in [5.74, 6) is 2.58. The van der Waals surface area contributed by atoms with Gasteiger partial charge in [0.2, 0.25) is 11.8 Å². The number of hydrogen-bond acceptors (Lipinski definition) is 7. The molecular weight excluding hydrogens is 396 g/mol. The molecule has 2 aromatic rings. The average molecular weight is 427 g/mol. The summed E-state index contributed by atoms with van der Waals surface area (Å²) in [4.78, 5) is 22.3. The van der Waals surface area contributed by atoms with Gasteiger partial charge in [0.15, 0.2) is 5.82 Å². The van der Waals surface area contributed by atoms with E-state index in [-0.39, 0.29) is 11.3 Å². The number of fused-ring (bicyclic) bond motifs is 1. The topological polar surface area (TPSA) is 80.9 Å². The second-order valence-electron chi connectivity index (χ2n) is 9.07. The van der Waals surface area contributed by atoms with E-state index in [2.05, 4.69) is 15.0 Å². The molecule has 0 unspecified atom stereocenters. The second-order valence-corrected chi connectivity index (χ2v) is 9.07. The Morgan fingerprint density at radius 3 is 2.65 bits per heavy atom. The van der Waals surface area contributed by atoms with Gasteiger partial charge >= 0.3 is 0 Å². The van der Waals surface area contributed by atoms with Gasteiger partial charge in [-0.2, -0.15) is 4.98 Å². The summed E-state index contributed by atoms with van der Waals surface area (Å²) in [6.07, 6.45) is 2.51. The van der Waals surface area contributed by atoms with Crippen molar-refractivity contribution in [1.82, 2.24) is 19.9 Å². The van der Waals surface area contributed by atoms with Gasteiger partial charge in [0.05, 0.1) is 18.9 Å². The number of rotatable bonds is 5. The maximum atomic E-state index is 13.2. The molecule has 1 amide bonds. The molecule has 0 saturated carbocycles. The number of methoxy groups -OCH3 is 1. The van der Waals surface area contributed by atoms with Crippen molar-refractivity contribution in [1.29, 1.82) is 0 Å². The highest BCUT2D eigenvalue weighted by Crippen LogP contribution is 2.45. The Hall–Kier alpha value is -2.45. The lowest BCUT2D eigenvalue weighted by molar-refractivity contribution is -0.130. The molecule has 3 saturated heterocycles. The van der Waals surface area contributed by atoms with Crippen molar-refractivity contribution in [3.05, 3.63) is 41.5 Å². The van der Waals surface area contributed by atoms with Crippen molar-refractivity contribution in [3.63, 3.8) is 0 Å². The van der Waals surface area contributed by atoms with Crippen LogP contribution in [0.5, 0.6) is 5.75 Å². The Kier molecular flexibility index (Phi) is 5.44. The van der Waals surface area contributed by atoms with Crippen LogP contribution in [-0.4, -0.2) is 78.4 Å². The lowest BCUT2D eigenvalue weighted by Gasteiger charge is -2.33. The molecule has 1 aromatic carbocycles. The third-order valence-electron chi connectivity index (χ3n) is 7.16. The van der Waals surface area contributed by atoms with Crippen LogP contribution in [0.1, 0.15) is 30.1 Å². The van der Waals surface area contributed by atoms with Crippen LogP contribution in [0.4, 0.5) is 0 Å². The zero-order valence-electron chi connectivity index (χ0n) is 18.2. The molecule has 8 heteroatoms. The monoisotopic (exact) mass is 426 g/mol. The summed E-state index contributed by atoms with van der Waals surface area (Å²) < 4.78 is 16.5. The third kappa shape index (κ3) is 3.83. The first-order valence-corrected chi connectivity index (χ1v) is 11.1. The van der Waals surface area contributed by atoms with Gasteiger partial charge in [0, 0.05) is 51.4 Å². The van der Waals surface area contributed by atoms with Crippen LogP contribution in [0.15, 0.2) is 28.8 Å². The van der Waals surface area contributed by atoms with E-state index in [1.54, 1.807) is 7.11 Å². The van der Waals surface area contributed by atoms with Crippen LogP contribution < -0.4 is 4.74 Å². The van der Waals surface area contributed by atoms with Gasteiger partial charge in [-0.25, -0.2) is 0 Å². The van der Waals surface area contributed by atoms with Crippen LogP contribution in [0.25, 0.3) is 0 Å². The van der Waals surface area contributed by atoms with Gasteiger partial charge in [0.1, 0.15) is 5.75 Å². The van der Waals surface area contributed by atoms with Crippen LogP contribution in [0.3, 0.4) is 0 Å². The summed E-state index contributed by atoms with van der Waals surface area (Å²) in [5, 5.41) is 4.07. The molecule has 0 radical (unpaired) electrons. The van der Waals surface area contributed by atoms with Gasteiger partial charge < -0.3 is 18.9 Å². The maximum absolute atomic E-state index is 13.2. The number of carbonyl (C=O) groups excluding carboxylic acids is 1. The summed E-state index contributed by atoms with van der Waals surface area (Å²) in [6.45, 7) is 6.68. The Morgan fingerprint density at radius 1 is 1.19 bits per heavy atom. The minimum atomic E-state index is -0.283. The van der Waals surface area contributed by atoms with E-state index in [1.807, 2.05) is 36.1 Å². The molecule has 5 rings (SSSR count). The molecule has 0 spiro atoms. The molecule has 8 nitrogen and oxygen atoms in total. The number of nitrogens with zero attached hydrogens (tertiary/aromatic N) is 4. The normalized spacial score (nSPS) is 26.9. The average Bonchev–Trinajstić information content (AvgIpc) is 3.47. The quantitative estimate of drug-likeness (QED) is 0.721. The molecule has 31 heavy (non-hydrogen) atoms. The highest BCUT2D eigenvalue weighted by molar-refractivity contribution is 5.79. The molecule has 3 aliphatic heterocycles. The Labute approximate surface area is 182 Å². The largest absolute Gasteiger partial charge is 0.497 e. The van der Waals surface area contributed by atoms with Gasteiger partial charge in [-0.15, -0.1) is 0 Å². The van der Waals surface area contributed by atoms with E-state index in [4.69, 9.17) is 14.0 Å². The van der Waals surface area contributed by atoms with Crippen molar-refractivity contribution in [2.75, 3.05) is 46.5 Å². The standard InChI is InChI=1S/C23H30N4O4/c1-16-24-22(31-25-16)23-14-26(19-7-9-30-10-8-19)12-18(23)13-27(15-23)21(28)11-17-3-5-20(29-2)6-4-17/h3-6,18-19H,7-15H2,1-2H3/t18-,23-/m1/s1. The Bertz CT molecular complexity index is 924. The predicted molar refractivity (Wildman–Crippen MR) is 113 cm³/mol. The molecule has 2 atom stereocenters. The molecule has 4 heterocycles. The van der Waals surface area contributed by atoms with Crippen molar-refractivity contribution in [2.24, 2.45) is 5.92 Å². The molecule has 0 aliphatic carbocycles. The smallest absolute Gasteiger partial charge is 0.236 e. The summed E-state index contributed by atoms with van der Waals surface area (Å²) in [6, 6.07) is 8.24. The Morgan fingerprint density at radius 2 is 1.97 bits per heavy atom. The van der Waals surface area contributed by atoms with Crippen molar-refractivity contribution >= 4 is 5.91 Å². The van der Waals surface area contributed by atoms with Crippen LogP contribution in [0, 0.1) is 12.8 Å². The number of hydrogen-bond donors (Lipinski definition) is 0. The first-order valence-electron chi connectivity index (χ1n) is 11.1. The molecule has 0 N–H and O–H groups in total. The SMILES string of the molecule is COc1ccc(CC(=O)N2C[C@H]3CN(C4CCOCC4)C[C@@]3(c3nc(C)no3)C2)cc1. The summed E-state index contributed by atoms with van der Waals surface area (Å²) in [5.41, 5.74) is 0.712. The maximum Gasteiger partial charge on any atom is 0.236 e. The van der Waals surface area contributed by atoms with Gasteiger partial charge in [-0.1, -0.05) is 17.3 Å². The van der Waals surface area contributed by atoms with Crippen molar-refractivity contribution in [2.45, 2.75) is 37.6 Å². The number of aromatic nitrogens is 2. The first kappa shape index (κ1) is 20.5. The molecule has 1 aromatic heterocycles. The lowest BCUT2D eigenvalue weighted by atomic mass is 9.81. The fourth-order valence-corrected chi connectivity index (χ4v) is 5.45. The second kappa shape index (κ2) is 8.24. The zero-order valence-corrected chi connectivity index (χ0v) is 18.2. The van der Waals surface area contributed by atoms with E-state index in [0.717, 1.165) is 57.0 Å². The summed E-state index contributed by atoms with van der Waals surface area (Å²) in [7, 11) is 1.64. The van der Waals surface area contributed by atoms with Crippen LogP contribution >= 0.6 is 0 Å².